The van der Waals surface area contributed by atoms with Crippen LogP contribution in [-0.2, 0) is 27.7 Å². The number of hydrogen-bond donors (Lipinski definition) is 1. The van der Waals surface area contributed by atoms with Gasteiger partial charge in [0.2, 0.25) is 10.0 Å². The van der Waals surface area contributed by atoms with Crippen molar-refractivity contribution >= 4 is 38.5 Å². The summed E-state index contributed by atoms with van der Waals surface area (Å²) in [6, 6.07) is 6.19. The Kier molecular flexibility index (Phi) is 6.77. The third kappa shape index (κ3) is 4.79. The number of sulfonamides is 1. The first-order chi connectivity index (χ1) is 15.4. The van der Waals surface area contributed by atoms with Crippen LogP contribution in [0.15, 0.2) is 29.2 Å². The molecule has 32 heavy (non-hydrogen) atoms. The zero-order valence-electron chi connectivity index (χ0n) is 17.9. The van der Waals surface area contributed by atoms with Crippen molar-refractivity contribution < 1.29 is 22.7 Å². The van der Waals surface area contributed by atoms with Gasteiger partial charge >= 0.3 is 6.09 Å². The van der Waals surface area contributed by atoms with E-state index in [0.717, 1.165) is 29.8 Å². The minimum Gasteiger partial charge on any atom is -0.450 e. The van der Waals surface area contributed by atoms with Crippen LogP contribution in [0.5, 0.6) is 0 Å². The van der Waals surface area contributed by atoms with Crippen LogP contribution in [0.1, 0.15) is 47.1 Å². The normalized spacial score (nSPS) is 17.0. The van der Waals surface area contributed by atoms with Crippen LogP contribution in [0.2, 0.25) is 0 Å². The van der Waals surface area contributed by atoms with Crippen molar-refractivity contribution in [1.82, 2.24) is 14.2 Å². The number of ether oxygens (including phenoxy) is 1. The van der Waals surface area contributed by atoms with Gasteiger partial charge in [-0.05, 0) is 44.0 Å². The summed E-state index contributed by atoms with van der Waals surface area (Å²) < 4.78 is 32.0. The molecule has 1 aromatic carbocycles. The molecule has 3 heterocycles. The van der Waals surface area contributed by atoms with Crippen molar-refractivity contribution in [3.63, 3.8) is 0 Å². The Hall–Kier alpha value is -2.50. The maximum absolute atomic E-state index is 13.0. The predicted octanol–water partition coefficient (Wildman–Crippen LogP) is 3.08. The molecule has 1 N–H and O–H groups in total. The summed E-state index contributed by atoms with van der Waals surface area (Å²) in [6.45, 7) is 3.98. The van der Waals surface area contributed by atoms with Gasteiger partial charge in [0.05, 0.1) is 23.7 Å². The molecule has 172 valence electrons. The molecule has 11 heteroatoms. The summed E-state index contributed by atoms with van der Waals surface area (Å²) in [4.78, 5) is 31.9. The Morgan fingerprint density at radius 3 is 2.53 bits per heavy atom. The molecule has 0 atom stereocenters. The number of rotatable bonds is 5. The standard InChI is InChI=1S/C21H26N4O5S2/c1-2-30-21(27)23-20-22-17-10-13-24(14-18(17)31-20)19(26)15-6-8-16(9-7-15)32(28,29)25-11-4-3-5-12-25/h6-9H,2-5,10-14H2,1H3,(H,22,23,27). The number of carbonyl (C=O) groups is 2. The number of amides is 2. The summed E-state index contributed by atoms with van der Waals surface area (Å²) in [5.74, 6) is -0.161. The van der Waals surface area contributed by atoms with Crippen LogP contribution in [-0.4, -0.2) is 60.8 Å². The van der Waals surface area contributed by atoms with Gasteiger partial charge in [0.1, 0.15) is 0 Å². The van der Waals surface area contributed by atoms with E-state index in [2.05, 4.69) is 10.3 Å². The van der Waals surface area contributed by atoms with E-state index in [1.54, 1.807) is 24.0 Å². The number of benzene rings is 1. The van der Waals surface area contributed by atoms with Crippen molar-refractivity contribution in [1.29, 1.82) is 0 Å². The van der Waals surface area contributed by atoms with Gasteiger partial charge in [0, 0.05) is 36.5 Å². The Bertz CT molecular complexity index is 1090. The maximum Gasteiger partial charge on any atom is 0.413 e. The van der Waals surface area contributed by atoms with Crippen LogP contribution >= 0.6 is 11.3 Å². The van der Waals surface area contributed by atoms with Gasteiger partial charge < -0.3 is 9.64 Å². The van der Waals surface area contributed by atoms with Crippen molar-refractivity contribution in [2.45, 2.75) is 44.0 Å². The first-order valence-electron chi connectivity index (χ1n) is 10.7. The van der Waals surface area contributed by atoms with Crippen LogP contribution in [0.25, 0.3) is 0 Å². The van der Waals surface area contributed by atoms with Gasteiger partial charge in [-0.2, -0.15) is 4.31 Å². The molecule has 1 saturated heterocycles. The number of thiazole rings is 1. The molecule has 2 amide bonds. The van der Waals surface area contributed by atoms with Gasteiger partial charge in [-0.25, -0.2) is 18.2 Å². The Balaban J connectivity index is 1.43. The lowest BCUT2D eigenvalue weighted by molar-refractivity contribution is 0.0736. The van der Waals surface area contributed by atoms with Crippen molar-refractivity contribution in [2.75, 3.05) is 31.6 Å². The van der Waals surface area contributed by atoms with E-state index in [1.165, 1.54) is 27.8 Å². The second-order valence-corrected chi connectivity index (χ2v) is 10.7. The lowest BCUT2D eigenvalue weighted by Crippen LogP contribution is -2.36. The SMILES string of the molecule is CCOC(=O)Nc1nc2c(s1)CN(C(=O)c1ccc(S(=O)(=O)N3CCCCC3)cc1)CC2. The molecule has 4 rings (SSSR count). The van der Waals surface area contributed by atoms with E-state index in [0.29, 0.717) is 43.3 Å². The zero-order chi connectivity index (χ0) is 22.7. The first-order valence-corrected chi connectivity index (χ1v) is 13.0. The Morgan fingerprint density at radius 1 is 1.12 bits per heavy atom. The molecule has 0 bridgehead atoms. The molecule has 9 nitrogen and oxygen atoms in total. The van der Waals surface area contributed by atoms with Gasteiger partial charge in [-0.3, -0.25) is 10.1 Å². The third-order valence-electron chi connectivity index (χ3n) is 5.56. The molecule has 1 fully saturated rings. The second-order valence-electron chi connectivity index (χ2n) is 7.70. The van der Waals surface area contributed by atoms with Crippen molar-refractivity contribution in [3.8, 4) is 0 Å². The first kappa shape index (κ1) is 22.7. The fourth-order valence-electron chi connectivity index (χ4n) is 3.88. The van der Waals surface area contributed by atoms with Crippen molar-refractivity contribution in [3.05, 3.63) is 40.4 Å². The molecule has 2 aliphatic heterocycles. The lowest BCUT2D eigenvalue weighted by atomic mass is 10.1. The number of anilines is 1. The number of carbonyl (C=O) groups excluding carboxylic acids is 2. The van der Waals surface area contributed by atoms with Crippen LogP contribution in [0, 0.1) is 0 Å². The molecule has 2 aromatic rings. The van der Waals surface area contributed by atoms with Crippen LogP contribution < -0.4 is 5.32 Å². The highest BCUT2D eigenvalue weighted by Crippen LogP contribution is 2.29. The summed E-state index contributed by atoms with van der Waals surface area (Å²) >= 11 is 1.33. The minimum absolute atomic E-state index is 0.161. The smallest absolute Gasteiger partial charge is 0.413 e. The van der Waals surface area contributed by atoms with Crippen LogP contribution in [0.4, 0.5) is 9.93 Å². The molecule has 0 spiro atoms. The molecular weight excluding hydrogens is 452 g/mol. The Morgan fingerprint density at radius 2 is 1.84 bits per heavy atom. The largest absolute Gasteiger partial charge is 0.450 e. The zero-order valence-corrected chi connectivity index (χ0v) is 19.5. The summed E-state index contributed by atoms with van der Waals surface area (Å²) in [5, 5.41) is 3.06. The van der Waals surface area contributed by atoms with Crippen molar-refractivity contribution in [2.24, 2.45) is 0 Å². The van der Waals surface area contributed by atoms with E-state index in [1.807, 2.05) is 0 Å². The maximum atomic E-state index is 13.0. The minimum atomic E-state index is -3.52. The molecule has 0 aliphatic carbocycles. The third-order valence-corrected chi connectivity index (χ3v) is 8.47. The molecule has 0 radical (unpaired) electrons. The highest BCUT2D eigenvalue weighted by molar-refractivity contribution is 7.89. The molecule has 1 aromatic heterocycles. The van der Waals surface area contributed by atoms with E-state index in [9.17, 15) is 18.0 Å². The number of aromatic nitrogens is 1. The van der Waals surface area contributed by atoms with Gasteiger partial charge in [0.25, 0.3) is 5.91 Å². The van der Waals surface area contributed by atoms with E-state index >= 15 is 0 Å². The monoisotopic (exact) mass is 478 g/mol. The fraction of sp³-hybridized carbons (Fsp3) is 0.476. The Labute approximate surface area is 191 Å². The summed E-state index contributed by atoms with van der Waals surface area (Å²) in [5.41, 5.74) is 1.31. The van der Waals surface area contributed by atoms with E-state index in [4.69, 9.17) is 4.74 Å². The second kappa shape index (κ2) is 9.55. The highest BCUT2D eigenvalue weighted by Gasteiger charge is 2.28. The average Bonchev–Trinajstić information content (AvgIpc) is 3.20. The molecule has 0 unspecified atom stereocenters. The average molecular weight is 479 g/mol. The fourth-order valence-corrected chi connectivity index (χ4v) is 6.41. The quantitative estimate of drug-likeness (QED) is 0.707. The van der Waals surface area contributed by atoms with Crippen LogP contribution in [0.3, 0.4) is 0 Å². The summed E-state index contributed by atoms with van der Waals surface area (Å²) in [6.07, 6.45) is 2.84. The number of nitrogens with one attached hydrogen (secondary N) is 1. The van der Waals surface area contributed by atoms with Gasteiger partial charge in [-0.1, -0.05) is 17.8 Å². The number of nitrogens with zero attached hydrogens (tertiary/aromatic N) is 3. The van der Waals surface area contributed by atoms with E-state index < -0.39 is 16.1 Å². The van der Waals surface area contributed by atoms with Gasteiger partial charge in [0.15, 0.2) is 5.13 Å². The molecule has 2 aliphatic rings. The molecule has 0 saturated carbocycles. The van der Waals surface area contributed by atoms with E-state index in [-0.39, 0.29) is 17.4 Å². The predicted molar refractivity (Wildman–Crippen MR) is 120 cm³/mol. The molecular formula is C21H26N4O5S2. The lowest BCUT2D eigenvalue weighted by Gasteiger charge is -2.27. The topological polar surface area (TPSA) is 109 Å². The number of piperidine rings is 1. The number of fused-ring (bicyclic) bond motifs is 1. The van der Waals surface area contributed by atoms with Gasteiger partial charge in [-0.15, -0.1) is 0 Å². The summed E-state index contributed by atoms with van der Waals surface area (Å²) in [7, 11) is -3.52. The highest BCUT2D eigenvalue weighted by atomic mass is 32.2. The number of hydrogen-bond acceptors (Lipinski definition) is 7.